The van der Waals surface area contributed by atoms with E-state index in [1.54, 1.807) is 67.0 Å². The highest BCUT2D eigenvalue weighted by atomic mass is 16.2. The van der Waals surface area contributed by atoms with E-state index in [9.17, 15) is 14.4 Å². The summed E-state index contributed by atoms with van der Waals surface area (Å²) in [6, 6.07) is 25.0. The molecule has 0 fully saturated rings. The smallest absolute Gasteiger partial charge is 0.248 e. The number of ketones is 1. The molecule has 178 valence electrons. The van der Waals surface area contributed by atoms with Crippen LogP contribution in [-0.2, 0) is 16.0 Å². The molecule has 36 heavy (non-hydrogen) atoms. The summed E-state index contributed by atoms with van der Waals surface area (Å²) in [6.07, 6.45) is 6.53. The summed E-state index contributed by atoms with van der Waals surface area (Å²) in [5.74, 6) is -0.853. The fraction of sp³-hybridized carbons (Fsp3) is 0.0667. The lowest BCUT2D eigenvalue weighted by Gasteiger charge is -2.13. The number of aromatic nitrogens is 1. The van der Waals surface area contributed by atoms with Gasteiger partial charge in [0.15, 0.2) is 5.78 Å². The van der Waals surface area contributed by atoms with Gasteiger partial charge in [0.25, 0.3) is 0 Å². The summed E-state index contributed by atoms with van der Waals surface area (Å²) in [7, 11) is 0. The fourth-order valence-corrected chi connectivity index (χ4v) is 3.58. The number of hydrogen-bond acceptors (Lipinski definition) is 4. The molecule has 2 N–H and O–H groups in total. The van der Waals surface area contributed by atoms with Gasteiger partial charge >= 0.3 is 0 Å². The molecule has 4 rings (SSSR count). The number of nitrogens with one attached hydrogen (secondary N) is 2. The summed E-state index contributed by atoms with van der Waals surface area (Å²) in [5, 5.41) is 5.63. The maximum absolute atomic E-state index is 13.3. The first-order valence-electron chi connectivity index (χ1n) is 11.5. The molecule has 0 aliphatic heterocycles. The largest absolute Gasteiger partial charge is 0.325 e. The summed E-state index contributed by atoms with van der Waals surface area (Å²) in [4.78, 5) is 42.5. The van der Waals surface area contributed by atoms with Crippen LogP contribution in [0.15, 0.2) is 103 Å². The zero-order valence-corrected chi connectivity index (χ0v) is 19.8. The third-order valence-corrected chi connectivity index (χ3v) is 5.44. The summed E-state index contributed by atoms with van der Waals surface area (Å²) in [6.45, 7) is 1.99. The molecule has 0 unspecified atom stereocenters. The molecule has 0 spiro atoms. The Kier molecular flexibility index (Phi) is 7.78. The number of aryl methyl sites for hydroxylation is 1. The molecule has 3 aromatic carbocycles. The van der Waals surface area contributed by atoms with Gasteiger partial charge in [-0.1, -0.05) is 66.2 Å². The van der Waals surface area contributed by atoms with E-state index in [2.05, 4.69) is 15.6 Å². The second-order valence-electron chi connectivity index (χ2n) is 8.28. The van der Waals surface area contributed by atoms with Gasteiger partial charge in [0.1, 0.15) is 0 Å². The van der Waals surface area contributed by atoms with E-state index in [1.807, 2.05) is 43.3 Å². The maximum Gasteiger partial charge on any atom is 0.248 e. The number of anilines is 2. The molecule has 1 aromatic heterocycles. The number of pyridine rings is 1. The van der Waals surface area contributed by atoms with Gasteiger partial charge in [-0.3, -0.25) is 19.4 Å². The van der Waals surface area contributed by atoms with Crippen LogP contribution in [0, 0.1) is 6.92 Å². The van der Waals surface area contributed by atoms with Crippen molar-refractivity contribution in [2.75, 3.05) is 10.6 Å². The molecule has 0 aliphatic carbocycles. The lowest BCUT2D eigenvalue weighted by Crippen LogP contribution is -2.18. The summed E-state index contributed by atoms with van der Waals surface area (Å²) < 4.78 is 0. The summed E-state index contributed by atoms with van der Waals surface area (Å²) in [5.41, 5.74) is 4.36. The van der Waals surface area contributed by atoms with Gasteiger partial charge in [-0.2, -0.15) is 0 Å². The first kappa shape index (κ1) is 24.3. The van der Waals surface area contributed by atoms with Gasteiger partial charge in [0.05, 0.1) is 12.1 Å². The molecule has 2 amide bonds. The standard InChI is InChI=1S/C30H25N3O3/c1-21-9-11-22(12-10-21)18-29(35)33-27-15-14-25(19-26(27)30(36)24-7-3-2-4-8-24)32-28(34)16-13-23-6-5-17-31-20-23/h2-17,19-20H,18H2,1H3,(H,32,34)(H,33,35)/b16-13+. The quantitative estimate of drug-likeness (QED) is 0.262. The second-order valence-corrected chi connectivity index (χ2v) is 8.28. The number of hydrogen-bond donors (Lipinski definition) is 2. The van der Waals surface area contributed by atoms with Gasteiger partial charge in [0, 0.05) is 35.3 Å². The number of carbonyl (C=O) groups is 3. The average Bonchev–Trinajstić information content (AvgIpc) is 2.90. The van der Waals surface area contributed by atoms with Crippen LogP contribution in [0.3, 0.4) is 0 Å². The fourth-order valence-electron chi connectivity index (χ4n) is 3.58. The highest BCUT2D eigenvalue weighted by molar-refractivity contribution is 6.15. The Bertz CT molecular complexity index is 1400. The van der Waals surface area contributed by atoms with Gasteiger partial charge in [-0.15, -0.1) is 0 Å². The highest BCUT2D eigenvalue weighted by Gasteiger charge is 2.17. The predicted molar refractivity (Wildman–Crippen MR) is 142 cm³/mol. The van der Waals surface area contributed by atoms with Crippen molar-refractivity contribution in [1.29, 1.82) is 0 Å². The number of carbonyl (C=O) groups excluding carboxylic acids is 3. The Balaban J connectivity index is 1.55. The molecule has 6 heteroatoms. The molecular formula is C30H25N3O3. The van der Waals surface area contributed by atoms with Crippen LogP contribution in [0.4, 0.5) is 11.4 Å². The van der Waals surface area contributed by atoms with Gasteiger partial charge in [-0.25, -0.2) is 0 Å². The van der Waals surface area contributed by atoms with Crippen LogP contribution in [-0.4, -0.2) is 22.6 Å². The second kappa shape index (κ2) is 11.5. The number of rotatable bonds is 8. The van der Waals surface area contributed by atoms with E-state index in [0.717, 1.165) is 16.7 Å². The van der Waals surface area contributed by atoms with Crippen LogP contribution in [0.1, 0.15) is 32.6 Å². The van der Waals surface area contributed by atoms with E-state index >= 15 is 0 Å². The predicted octanol–water partition coefficient (Wildman–Crippen LogP) is 5.45. The van der Waals surface area contributed by atoms with Crippen LogP contribution in [0.2, 0.25) is 0 Å². The van der Waals surface area contributed by atoms with E-state index in [-0.39, 0.29) is 29.6 Å². The van der Waals surface area contributed by atoms with Gasteiger partial charge in [0.2, 0.25) is 11.8 Å². The molecule has 0 saturated heterocycles. The van der Waals surface area contributed by atoms with E-state index < -0.39 is 0 Å². The molecule has 0 radical (unpaired) electrons. The Morgan fingerprint density at radius 1 is 0.861 bits per heavy atom. The Labute approximate surface area is 209 Å². The molecule has 6 nitrogen and oxygen atoms in total. The SMILES string of the molecule is Cc1ccc(CC(=O)Nc2ccc(NC(=O)/C=C/c3cccnc3)cc2C(=O)c2ccccc2)cc1. The summed E-state index contributed by atoms with van der Waals surface area (Å²) >= 11 is 0. The minimum absolute atomic E-state index is 0.177. The van der Waals surface area contributed by atoms with Crippen molar-refractivity contribution in [3.63, 3.8) is 0 Å². The molecule has 0 saturated carbocycles. The molecule has 1 heterocycles. The first-order valence-corrected chi connectivity index (χ1v) is 11.5. The number of amides is 2. The Morgan fingerprint density at radius 3 is 2.36 bits per heavy atom. The topological polar surface area (TPSA) is 88.2 Å². The Morgan fingerprint density at radius 2 is 1.64 bits per heavy atom. The normalized spacial score (nSPS) is 10.7. The van der Waals surface area contributed by atoms with Crippen LogP contribution in [0.5, 0.6) is 0 Å². The Hall–Kier alpha value is -4.84. The van der Waals surface area contributed by atoms with Gasteiger partial charge < -0.3 is 10.6 Å². The third kappa shape index (κ3) is 6.61. The zero-order valence-electron chi connectivity index (χ0n) is 19.8. The van der Waals surface area contributed by atoms with E-state index in [1.165, 1.54) is 6.08 Å². The van der Waals surface area contributed by atoms with E-state index in [0.29, 0.717) is 16.9 Å². The lowest BCUT2D eigenvalue weighted by molar-refractivity contribution is -0.115. The number of nitrogens with zero attached hydrogens (tertiary/aromatic N) is 1. The van der Waals surface area contributed by atoms with Gasteiger partial charge in [-0.05, 0) is 48.4 Å². The van der Waals surface area contributed by atoms with Crippen molar-refractivity contribution in [1.82, 2.24) is 4.98 Å². The van der Waals surface area contributed by atoms with Crippen molar-refractivity contribution in [3.05, 3.63) is 131 Å². The average molecular weight is 476 g/mol. The minimum Gasteiger partial charge on any atom is -0.325 e. The van der Waals surface area contributed by atoms with Crippen LogP contribution in [0.25, 0.3) is 6.08 Å². The van der Waals surface area contributed by atoms with Crippen LogP contribution < -0.4 is 10.6 Å². The van der Waals surface area contributed by atoms with Crippen molar-refractivity contribution in [2.24, 2.45) is 0 Å². The lowest BCUT2D eigenvalue weighted by atomic mass is 10.0. The van der Waals surface area contributed by atoms with Crippen LogP contribution >= 0.6 is 0 Å². The highest BCUT2D eigenvalue weighted by Crippen LogP contribution is 2.24. The molecule has 0 aliphatic rings. The molecule has 0 atom stereocenters. The zero-order chi connectivity index (χ0) is 25.3. The van der Waals surface area contributed by atoms with E-state index in [4.69, 9.17) is 0 Å². The van der Waals surface area contributed by atoms with Crippen molar-refractivity contribution < 1.29 is 14.4 Å². The first-order chi connectivity index (χ1) is 17.5. The third-order valence-electron chi connectivity index (χ3n) is 5.44. The maximum atomic E-state index is 13.3. The van der Waals surface area contributed by atoms with Crippen molar-refractivity contribution >= 4 is 35.0 Å². The van der Waals surface area contributed by atoms with Crippen molar-refractivity contribution in [3.8, 4) is 0 Å². The monoisotopic (exact) mass is 475 g/mol. The molecular weight excluding hydrogens is 450 g/mol. The molecule has 4 aromatic rings. The number of benzene rings is 3. The molecule has 0 bridgehead atoms. The van der Waals surface area contributed by atoms with Crippen molar-refractivity contribution in [2.45, 2.75) is 13.3 Å². The minimum atomic E-state index is -0.354.